The van der Waals surface area contributed by atoms with Gasteiger partial charge in [0.1, 0.15) is 23.4 Å². The molecule has 61 heavy (non-hydrogen) atoms. The van der Waals surface area contributed by atoms with Crippen molar-refractivity contribution in [2.75, 3.05) is 41.5 Å². The van der Waals surface area contributed by atoms with Crippen molar-refractivity contribution >= 4 is 35.7 Å². The Morgan fingerprint density at radius 1 is 0.934 bits per heavy atom. The topological polar surface area (TPSA) is 189 Å². The summed E-state index contributed by atoms with van der Waals surface area (Å²) in [6.07, 6.45) is 10.2. The van der Waals surface area contributed by atoms with Crippen molar-refractivity contribution < 1.29 is 28.7 Å². The molecule has 14 nitrogen and oxygen atoms in total. The van der Waals surface area contributed by atoms with Gasteiger partial charge in [-0.1, -0.05) is 45.7 Å². The summed E-state index contributed by atoms with van der Waals surface area (Å²) in [4.78, 5) is 67.1. The minimum Gasteiger partial charge on any atom is -0.471 e. The summed E-state index contributed by atoms with van der Waals surface area (Å²) < 4.78 is 8.11. The molecule has 1 saturated carbocycles. The fourth-order valence-corrected chi connectivity index (χ4v) is 9.13. The van der Waals surface area contributed by atoms with Crippen molar-refractivity contribution in [3.63, 3.8) is 0 Å². The van der Waals surface area contributed by atoms with Crippen LogP contribution >= 0.6 is 0 Å². The normalized spacial score (nSPS) is 20.0. The highest BCUT2D eigenvalue weighted by atomic mass is 16.5. The number of ether oxygens (including phenoxy) is 2. The third-order valence-corrected chi connectivity index (χ3v) is 11.9. The number of carbonyl (C=O) groups is 4. The van der Waals surface area contributed by atoms with E-state index in [1.54, 1.807) is 14.2 Å². The lowest BCUT2D eigenvalue weighted by Crippen LogP contribution is -2.48. The average Bonchev–Trinajstić information content (AvgIpc) is 4.09. The molecule has 4 unspecified atom stereocenters. The summed E-state index contributed by atoms with van der Waals surface area (Å²) in [6, 6.07) is 10.2. The number of hydrogen-bond acceptors (Lipinski definition) is 9. The first-order valence-electron chi connectivity index (χ1n) is 21.5. The highest BCUT2D eigenvalue weighted by molar-refractivity contribution is 5.86. The van der Waals surface area contributed by atoms with E-state index in [2.05, 4.69) is 91.5 Å². The number of H-pyrrole nitrogens is 2. The van der Waals surface area contributed by atoms with Crippen LogP contribution in [-0.2, 0) is 35.1 Å². The van der Waals surface area contributed by atoms with E-state index in [-0.39, 0.29) is 29.8 Å². The highest BCUT2D eigenvalue weighted by Gasteiger charge is 2.42. The number of methoxy groups -OCH3 is 2. The molecule has 4 aromatic rings. The van der Waals surface area contributed by atoms with E-state index < -0.39 is 6.04 Å². The molecule has 14 heteroatoms. The number of benzene rings is 2. The van der Waals surface area contributed by atoms with Crippen LogP contribution in [0.2, 0.25) is 0 Å². The van der Waals surface area contributed by atoms with Crippen molar-refractivity contribution in [3.05, 3.63) is 70.6 Å². The van der Waals surface area contributed by atoms with Crippen molar-refractivity contribution in [3.8, 4) is 23.0 Å². The number of nitrogens with zero attached hydrogens (tertiary/aromatic N) is 4. The molecule has 2 aromatic heterocycles. The highest BCUT2D eigenvalue weighted by Crippen LogP contribution is 2.54. The van der Waals surface area contributed by atoms with Crippen LogP contribution in [0.25, 0.3) is 22.2 Å². The Kier molecular flexibility index (Phi) is 16.7. The molecular weight excluding hydrogens is 773 g/mol. The quantitative estimate of drug-likeness (QED) is 0.107. The SMILES string of the molecule is CC(C)CC(=O)N1CCC[C@H]1c1ncc(C#Cc2ccc(-c3ccc4nc(C5CCCN5C(=O)C(NC=O)C(C)C)[nH]c4c3)c3c2C2CCC2C3)[nH]1.CN.COC.COC=O. The maximum Gasteiger partial charge on any atom is 0.292 e. The van der Waals surface area contributed by atoms with Crippen LogP contribution in [0, 0.1) is 29.6 Å². The zero-order valence-corrected chi connectivity index (χ0v) is 37.0. The molecule has 0 bridgehead atoms. The molecule has 5 atom stereocenters. The van der Waals surface area contributed by atoms with Crippen LogP contribution in [0.5, 0.6) is 0 Å². The van der Waals surface area contributed by atoms with Gasteiger partial charge in [-0.2, -0.15) is 0 Å². The van der Waals surface area contributed by atoms with Gasteiger partial charge in [0.25, 0.3) is 6.47 Å². The second-order valence-electron chi connectivity index (χ2n) is 16.8. The standard InChI is InChI=1S/C42H49N7O3.C2H4O2.C2H6O.CH5N/c1-24(2)19-37(51)48-17-5-7-35(48)40-43-22-29(45-40)13-9-26-10-14-30(32-20-27-11-15-31(27)38(26)32)28-12-16-33-34(21-28)47-41(46-33)36-8-6-18-49(36)42(52)39(25(3)4)44-23-50;1-4-2-3;1-3-2;1-2/h10,12,14,16,21-25,27,31,35-36,39H,5-8,11,15,17-20H2,1-4H3,(H,43,45)(H,44,50)(H,46,47);2H,1H3;1-2H3;2H2,1H3/t27?,31?,35-,36?,39?;;;/m0.../s1. The zero-order chi connectivity index (χ0) is 44.2. The lowest BCUT2D eigenvalue weighted by atomic mass is 9.73. The van der Waals surface area contributed by atoms with Crippen LogP contribution in [0.3, 0.4) is 0 Å². The number of aromatic nitrogens is 4. The van der Waals surface area contributed by atoms with Crippen LogP contribution in [0.4, 0.5) is 0 Å². The molecule has 0 radical (unpaired) electrons. The van der Waals surface area contributed by atoms with E-state index in [0.29, 0.717) is 43.6 Å². The summed E-state index contributed by atoms with van der Waals surface area (Å²) in [7, 11) is 6.06. The van der Waals surface area contributed by atoms with Gasteiger partial charge in [0.2, 0.25) is 18.2 Å². The minimum absolute atomic E-state index is 0.00751. The van der Waals surface area contributed by atoms with E-state index >= 15 is 0 Å². The number of carbonyl (C=O) groups excluding carboxylic acids is 4. The molecule has 3 amide bonds. The molecular formula is C47H64N8O6. The second-order valence-corrected chi connectivity index (χ2v) is 16.8. The number of likely N-dealkylation sites (tertiary alicyclic amines) is 2. The number of aromatic amines is 2. The van der Waals surface area contributed by atoms with Crippen LogP contribution < -0.4 is 11.1 Å². The monoisotopic (exact) mass is 836 g/mol. The summed E-state index contributed by atoms with van der Waals surface area (Å²) in [6.45, 7) is 9.89. The van der Waals surface area contributed by atoms with Gasteiger partial charge in [-0.3, -0.25) is 19.2 Å². The molecule has 2 saturated heterocycles. The Morgan fingerprint density at radius 2 is 1.62 bits per heavy atom. The summed E-state index contributed by atoms with van der Waals surface area (Å²) in [5.74, 6) is 10.2. The molecule has 5 N–H and O–H groups in total. The molecule has 4 aliphatic rings. The minimum atomic E-state index is -0.551. The Morgan fingerprint density at radius 3 is 2.25 bits per heavy atom. The number of amides is 3. The Labute approximate surface area is 360 Å². The first kappa shape index (κ1) is 46.5. The fraction of sp³-hybridized carbons (Fsp3) is 0.532. The first-order valence-corrected chi connectivity index (χ1v) is 21.5. The second kappa shape index (κ2) is 21.8. The third kappa shape index (κ3) is 10.5. The maximum absolute atomic E-state index is 13.5. The lowest BCUT2D eigenvalue weighted by molar-refractivity contribution is -0.137. The van der Waals surface area contributed by atoms with Gasteiger partial charge in [-0.15, -0.1) is 0 Å². The van der Waals surface area contributed by atoms with E-state index in [9.17, 15) is 14.4 Å². The molecule has 328 valence electrons. The van der Waals surface area contributed by atoms with Crippen LogP contribution in [-0.4, -0.2) is 102 Å². The number of nitrogens with two attached hydrogens (primary N) is 1. The average molecular weight is 837 g/mol. The molecule has 2 aromatic carbocycles. The summed E-state index contributed by atoms with van der Waals surface area (Å²) in [5.41, 5.74) is 13.4. The molecule has 2 aliphatic carbocycles. The first-order chi connectivity index (χ1) is 29.5. The fourth-order valence-electron chi connectivity index (χ4n) is 9.13. The Bertz CT molecular complexity index is 2180. The van der Waals surface area contributed by atoms with Gasteiger partial charge < -0.3 is 40.3 Å². The van der Waals surface area contributed by atoms with Crippen molar-refractivity contribution in [2.45, 2.75) is 103 Å². The van der Waals surface area contributed by atoms with Crippen LogP contribution in [0.15, 0.2) is 36.5 Å². The summed E-state index contributed by atoms with van der Waals surface area (Å²) >= 11 is 0. The molecule has 2 aliphatic heterocycles. The predicted octanol–water partition coefficient (Wildman–Crippen LogP) is 6.17. The van der Waals surface area contributed by atoms with Gasteiger partial charge in [0.15, 0.2) is 0 Å². The van der Waals surface area contributed by atoms with Gasteiger partial charge in [0, 0.05) is 39.3 Å². The van der Waals surface area contributed by atoms with E-state index in [1.165, 1.54) is 43.7 Å². The van der Waals surface area contributed by atoms with Gasteiger partial charge >= 0.3 is 0 Å². The number of nitrogens with one attached hydrogen (secondary N) is 3. The number of imidazole rings is 2. The number of hydrogen-bond donors (Lipinski definition) is 4. The predicted molar refractivity (Wildman–Crippen MR) is 236 cm³/mol. The smallest absolute Gasteiger partial charge is 0.292 e. The Hall–Kier alpha value is -5.52. The molecule has 0 spiro atoms. The molecule has 3 fully saturated rings. The molecule has 8 rings (SSSR count). The number of fused-ring (bicyclic) bond motifs is 4. The van der Waals surface area contributed by atoms with Crippen molar-refractivity contribution in [2.24, 2.45) is 23.5 Å². The largest absolute Gasteiger partial charge is 0.471 e. The lowest BCUT2D eigenvalue weighted by Gasteiger charge is -2.31. The van der Waals surface area contributed by atoms with E-state index in [1.807, 2.05) is 29.8 Å². The van der Waals surface area contributed by atoms with Crippen molar-refractivity contribution in [1.82, 2.24) is 35.1 Å². The summed E-state index contributed by atoms with van der Waals surface area (Å²) in [5, 5.41) is 2.73. The van der Waals surface area contributed by atoms with E-state index in [0.717, 1.165) is 78.2 Å². The van der Waals surface area contributed by atoms with Crippen molar-refractivity contribution in [1.29, 1.82) is 0 Å². The van der Waals surface area contributed by atoms with Crippen LogP contribution in [0.1, 0.15) is 125 Å². The Balaban J connectivity index is 0.000000721. The maximum atomic E-state index is 13.5. The van der Waals surface area contributed by atoms with Gasteiger partial charge in [-0.25, -0.2) is 9.97 Å². The zero-order valence-electron chi connectivity index (χ0n) is 37.0. The molecule has 4 heterocycles. The third-order valence-electron chi connectivity index (χ3n) is 11.9. The van der Waals surface area contributed by atoms with E-state index in [4.69, 9.17) is 9.78 Å². The van der Waals surface area contributed by atoms with Gasteiger partial charge in [0.05, 0.1) is 36.4 Å². The number of rotatable bonds is 10. The van der Waals surface area contributed by atoms with Gasteiger partial charge in [-0.05, 0) is 122 Å².